The van der Waals surface area contributed by atoms with Crippen molar-refractivity contribution in [2.45, 2.75) is 12.0 Å². The maximum absolute atomic E-state index is 6.22. The Morgan fingerprint density at radius 1 is 0.667 bits per heavy atom. The van der Waals surface area contributed by atoms with Crippen molar-refractivity contribution >= 4 is 50.5 Å². The molecule has 4 nitrogen and oxygen atoms in total. The monoisotopic (exact) mass is 503 g/mol. The summed E-state index contributed by atoms with van der Waals surface area (Å²) < 4.78 is 6.22. The van der Waals surface area contributed by atoms with Gasteiger partial charge in [0.1, 0.15) is 5.58 Å². The molecule has 4 heteroatoms. The zero-order valence-electron chi connectivity index (χ0n) is 21.2. The molecule has 0 N–H and O–H groups in total. The van der Waals surface area contributed by atoms with Crippen LogP contribution in [0.4, 0.5) is 28.4 Å². The highest BCUT2D eigenvalue weighted by Crippen LogP contribution is 2.48. The first-order valence-corrected chi connectivity index (χ1v) is 13.3. The van der Waals surface area contributed by atoms with Gasteiger partial charge < -0.3 is 14.2 Å². The predicted molar refractivity (Wildman–Crippen MR) is 160 cm³/mol. The first kappa shape index (κ1) is 21.9. The Kier molecular flexibility index (Phi) is 4.92. The standard InChI is InChI=1S/C35H25N3O/c1-3-11-24(12-4-1)37(25-13-5-2-6-14-25)27-22-31-30-21-26(19-20-34(30)39-35(31)36-23-27)38-32-17-9-7-15-28(32)29-16-8-10-18-33(29)38/h1-23,28,32H. The van der Waals surface area contributed by atoms with E-state index in [1.807, 2.05) is 18.3 Å². The number of benzene rings is 4. The smallest absolute Gasteiger partial charge is 0.227 e. The summed E-state index contributed by atoms with van der Waals surface area (Å²) in [7, 11) is 0. The summed E-state index contributed by atoms with van der Waals surface area (Å²) in [5.41, 5.74) is 8.41. The quantitative estimate of drug-likeness (QED) is 0.240. The molecule has 1 aliphatic carbocycles. The van der Waals surface area contributed by atoms with Gasteiger partial charge in [-0.15, -0.1) is 0 Å². The second kappa shape index (κ2) is 8.74. The summed E-state index contributed by atoms with van der Waals surface area (Å²) in [6.45, 7) is 0. The first-order chi connectivity index (χ1) is 19.3. The van der Waals surface area contributed by atoms with Gasteiger partial charge in [0.05, 0.1) is 23.3 Å². The Balaban J connectivity index is 1.29. The second-order valence-corrected chi connectivity index (χ2v) is 10.1. The molecule has 4 aromatic carbocycles. The fourth-order valence-corrected chi connectivity index (χ4v) is 6.10. The van der Waals surface area contributed by atoms with E-state index in [-0.39, 0.29) is 6.04 Å². The zero-order valence-corrected chi connectivity index (χ0v) is 21.2. The molecule has 0 amide bonds. The zero-order chi connectivity index (χ0) is 25.8. The van der Waals surface area contributed by atoms with Crippen LogP contribution in [0.3, 0.4) is 0 Å². The molecule has 3 heterocycles. The van der Waals surface area contributed by atoms with Gasteiger partial charge in [0.25, 0.3) is 0 Å². The minimum absolute atomic E-state index is 0.253. The molecule has 39 heavy (non-hydrogen) atoms. The molecule has 2 atom stereocenters. The number of fused-ring (bicyclic) bond motifs is 6. The number of anilines is 5. The van der Waals surface area contributed by atoms with E-state index in [1.165, 1.54) is 11.3 Å². The van der Waals surface area contributed by atoms with Gasteiger partial charge in [0, 0.05) is 34.1 Å². The van der Waals surface area contributed by atoms with Gasteiger partial charge in [-0.1, -0.05) is 78.9 Å². The van der Waals surface area contributed by atoms with Crippen LogP contribution in [0.5, 0.6) is 0 Å². The molecule has 1 aliphatic heterocycles. The molecule has 2 aliphatic rings. The van der Waals surface area contributed by atoms with Crippen LogP contribution in [0.2, 0.25) is 0 Å². The Morgan fingerprint density at radius 3 is 2.18 bits per heavy atom. The molecule has 2 unspecified atom stereocenters. The van der Waals surface area contributed by atoms with Crippen molar-refractivity contribution < 1.29 is 4.42 Å². The maximum Gasteiger partial charge on any atom is 0.227 e. The predicted octanol–water partition coefficient (Wildman–Crippen LogP) is 9.18. The van der Waals surface area contributed by atoms with Gasteiger partial charge in [-0.3, -0.25) is 0 Å². The highest BCUT2D eigenvalue weighted by Gasteiger charge is 2.37. The van der Waals surface area contributed by atoms with Crippen LogP contribution < -0.4 is 9.80 Å². The number of para-hydroxylation sites is 3. The van der Waals surface area contributed by atoms with Gasteiger partial charge in [0.15, 0.2) is 0 Å². The molecule has 0 bridgehead atoms. The van der Waals surface area contributed by atoms with Crippen molar-refractivity contribution in [2.24, 2.45) is 0 Å². The van der Waals surface area contributed by atoms with E-state index in [0.29, 0.717) is 11.6 Å². The summed E-state index contributed by atoms with van der Waals surface area (Å²) in [6, 6.07) is 38.5. The number of hydrogen-bond donors (Lipinski definition) is 0. The van der Waals surface area contributed by atoms with E-state index in [4.69, 9.17) is 9.40 Å². The average molecular weight is 504 g/mol. The number of nitrogens with zero attached hydrogens (tertiary/aromatic N) is 3. The van der Waals surface area contributed by atoms with Gasteiger partial charge in [-0.05, 0) is 60.2 Å². The van der Waals surface area contributed by atoms with Crippen molar-refractivity contribution in [3.63, 3.8) is 0 Å². The molecular formula is C35H25N3O. The number of hydrogen-bond acceptors (Lipinski definition) is 4. The number of allylic oxidation sites excluding steroid dienone is 2. The number of pyridine rings is 1. The molecule has 186 valence electrons. The Hall–Kier alpha value is -5.09. The highest BCUT2D eigenvalue weighted by molar-refractivity contribution is 6.06. The molecule has 0 fully saturated rings. The van der Waals surface area contributed by atoms with Crippen molar-refractivity contribution in [1.29, 1.82) is 0 Å². The largest absolute Gasteiger partial charge is 0.438 e. The third-order valence-electron chi connectivity index (χ3n) is 7.82. The summed E-state index contributed by atoms with van der Waals surface area (Å²) in [5.74, 6) is 0.349. The molecular weight excluding hydrogens is 478 g/mol. The Morgan fingerprint density at radius 2 is 1.38 bits per heavy atom. The molecule has 0 saturated carbocycles. The summed E-state index contributed by atoms with van der Waals surface area (Å²) in [4.78, 5) is 9.46. The van der Waals surface area contributed by atoms with E-state index in [9.17, 15) is 0 Å². The number of aromatic nitrogens is 1. The van der Waals surface area contributed by atoms with Crippen LogP contribution >= 0.6 is 0 Å². The maximum atomic E-state index is 6.22. The molecule has 2 aromatic heterocycles. The van der Waals surface area contributed by atoms with Crippen LogP contribution in [-0.2, 0) is 0 Å². The first-order valence-electron chi connectivity index (χ1n) is 13.3. The van der Waals surface area contributed by atoms with Crippen LogP contribution in [0.25, 0.3) is 22.1 Å². The van der Waals surface area contributed by atoms with Crippen molar-refractivity contribution in [3.8, 4) is 0 Å². The van der Waals surface area contributed by atoms with Crippen LogP contribution in [-0.4, -0.2) is 11.0 Å². The molecule has 6 aromatic rings. The van der Waals surface area contributed by atoms with E-state index in [1.54, 1.807) is 0 Å². The van der Waals surface area contributed by atoms with Crippen molar-refractivity contribution in [3.05, 3.63) is 145 Å². The van der Waals surface area contributed by atoms with Gasteiger partial charge in [-0.25, -0.2) is 4.98 Å². The molecule has 0 saturated heterocycles. The highest BCUT2D eigenvalue weighted by atomic mass is 16.3. The van der Waals surface area contributed by atoms with Gasteiger partial charge >= 0.3 is 0 Å². The van der Waals surface area contributed by atoms with Crippen LogP contribution in [0.1, 0.15) is 11.5 Å². The minimum atomic E-state index is 0.253. The third kappa shape index (κ3) is 3.49. The van der Waals surface area contributed by atoms with E-state index < -0.39 is 0 Å². The van der Waals surface area contributed by atoms with E-state index in [2.05, 4.69) is 131 Å². The molecule has 0 spiro atoms. The second-order valence-electron chi connectivity index (χ2n) is 10.1. The summed E-state index contributed by atoms with van der Waals surface area (Å²) in [5, 5.41) is 2.07. The molecule has 0 radical (unpaired) electrons. The third-order valence-corrected chi connectivity index (χ3v) is 7.82. The van der Waals surface area contributed by atoms with E-state index >= 15 is 0 Å². The number of rotatable bonds is 4. The van der Waals surface area contributed by atoms with Crippen molar-refractivity contribution in [2.75, 3.05) is 9.80 Å². The van der Waals surface area contributed by atoms with Gasteiger partial charge in [-0.2, -0.15) is 0 Å². The van der Waals surface area contributed by atoms with Crippen LogP contribution in [0, 0.1) is 0 Å². The lowest BCUT2D eigenvalue weighted by atomic mass is 9.91. The topological polar surface area (TPSA) is 32.5 Å². The summed E-state index contributed by atoms with van der Waals surface area (Å²) in [6.07, 6.45) is 10.8. The lowest BCUT2D eigenvalue weighted by molar-refractivity contribution is 0.654. The summed E-state index contributed by atoms with van der Waals surface area (Å²) >= 11 is 0. The van der Waals surface area contributed by atoms with Crippen LogP contribution in [0.15, 0.2) is 144 Å². The normalized spacial score (nSPS) is 17.5. The Bertz CT molecular complexity index is 1850. The minimum Gasteiger partial charge on any atom is -0.438 e. The lowest BCUT2D eigenvalue weighted by Crippen LogP contribution is -2.28. The van der Waals surface area contributed by atoms with E-state index in [0.717, 1.165) is 39.1 Å². The SMILES string of the molecule is C1=CC2c3ccccc3N(c3ccc4oc5ncc(N(c6ccccc6)c6ccccc6)cc5c4c3)C2C=C1. The number of furan rings is 1. The Labute approximate surface area is 226 Å². The fraction of sp³-hybridized carbons (Fsp3) is 0.0571. The van der Waals surface area contributed by atoms with Crippen molar-refractivity contribution in [1.82, 2.24) is 4.98 Å². The molecule has 8 rings (SSSR count). The lowest BCUT2D eigenvalue weighted by Gasteiger charge is -2.28. The fourth-order valence-electron chi connectivity index (χ4n) is 6.10. The van der Waals surface area contributed by atoms with Gasteiger partial charge in [0.2, 0.25) is 5.71 Å². The average Bonchev–Trinajstić information content (AvgIpc) is 3.53.